The second-order valence-corrected chi connectivity index (χ2v) is 6.13. The van der Waals surface area contributed by atoms with Crippen LogP contribution in [0.5, 0.6) is 0 Å². The largest absolute Gasteiger partial charge is 0.315 e. The van der Waals surface area contributed by atoms with E-state index in [4.69, 9.17) is 0 Å². The predicted octanol–water partition coefficient (Wildman–Crippen LogP) is 0.314. The van der Waals surface area contributed by atoms with Crippen molar-refractivity contribution in [3.63, 3.8) is 0 Å². The molecular formula is C9H20N2O2S. The lowest BCUT2D eigenvalue weighted by Crippen LogP contribution is -2.46. The third kappa shape index (κ3) is 4.39. The van der Waals surface area contributed by atoms with Gasteiger partial charge in [0.25, 0.3) is 0 Å². The van der Waals surface area contributed by atoms with Crippen LogP contribution in [0.4, 0.5) is 0 Å². The number of piperidine rings is 1. The third-order valence-corrected chi connectivity index (χ3v) is 3.99. The molecule has 2 N–H and O–H groups in total. The summed E-state index contributed by atoms with van der Waals surface area (Å²) < 4.78 is 25.9. The quantitative estimate of drug-likeness (QED) is 0.717. The van der Waals surface area contributed by atoms with Crippen molar-refractivity contribution < 1.29 is 8.42 Å². The molecule has 0 unspecified atom stereocenters. The molecule has 14 heavy (non-hydrogen) atoms. The minimum atomic E-state index is -3.07. The van der Waals surface area contributed by atoms with Crippen LogP contribution in [-0.2, 0) is 10.0 Å². The van der Waals surface area contributed by atoms with Gasteiger partial charge in [0.1, 0.15) is 0 Å². The van der Waals surface area contributed by atoms with Crippen LogP contribution in [0.2, 0.25) is 0 Å². The molecule has 5 heteroatoms. The maximum atomic E-state index is 11.6. The van der Waals surface area contributed by atoms with Crippen molar-refractivity contribution in [3.05, 3.63) is 0 Å². The number of rotatable bonds is 4. The van der Waals surface area contributed by atoms with Crippen LogP contribution in [-0.4, -0.2) is 33.3 Å². The Morgan fingerprint density at radius 3 is 2.71 bits per heavy atom. The van der Waals surface area contributed by atoms with Crippen LogP contribution in [0, 0.1) is 5.92 Å². The Morgan fingerprint density at radius 1 is 1.50 bits per heavy atom. The summed E-state index contributed by atoms with van der Waals surface area (Å²) in [5, 5.41) is 3.18. The van der Waals surface area contributed by atoms with Gasteiger partial charge < -0.3 is 5.32 Å². The average molecular weight is 220 g/mol. The SMILES string of the molecule is CC(C)CS(=O)(=O)N[C@@H]1CCCNC1. The number of sulfonamides is 1. The van der Waals surface area contributed by atoms with E-state index in [1.165, 1.54) is 0 Å². The average Bonchev–Trinajstić information content (AvgIpc) is 2.02. The van der Waals surface area contributed by atoms with Gasteiger partial charge in [0.2, 0.25) is 10.0 Å². The molecule has 1 aliphatic rings. The van der Waals surface area contributed by atoms with Gasteiger partial charge in [-0.05, 0) is 25.3 Å². The van der Waals surface area contributed by atoms with Crippen LogP contribution >= 0.6 is 0 Å². The molecular weight excluding hydrogens is 200 g/mol. The number of hydrogen-bond donors (Lipinski definition) is 2. The van der Waals surface area contributed by atoms with E-state index in [2.05, 4.69) is 10.0 Å². The highest BCUT2D eigenvalue weighted by Crippen LogP contribution is 2.05. The molecule has 0 aliphatic carbocycles. The van der Waals surface area contributed by atoms with Gasteiger partial charge in [-0.1, -0.05) is 13.8 Å². The molecule has 1 heterocycles. The Labute approximate surface area is 86.5 Å². The van der Waals surface area contributed by atoms with E-state index < -0.39 is 10.0 Å². The molecule has 0 saturated carbocycles. The minimum Gasteiger partial charge on any atom is -0.315 e. The fraction of sp³-hybridized carbons (Fsp3) is 1.00. The van der Waals surface area contributed by atoms with E-state index in [0.29, 0.717) is 0 Å². The van der Waals surface area contributed by atoms with E-state index in [9.17, 15) is 8.42 Å². The first-order valence-corrected chi connectivity index (χ1v) is 6.85. The molecule has 84 valence electrons. The van der Waals surface area contributed by atoms with Gasteiger partial charge in [-0.2, -0.15) is 0 Å². The molecule has 1 rings (SSSR count). The zero-order chi connectivity index (χ0) is 10.6. The van der Waals surface area contributed by atoms with Crippen LogP contribution in [0.3, 0.4) is 0 Å². The summed E-state index contributed by atoms with van der Waals surface area (Å²) in [5.74, 6) is 0.410. The Hall–Kier alpha value is -0.130. The monoisotopic (exact) mass is 220 g/mol. The number of nitrogens with one attached hydrogen (secondary N) is 2. The number of hydrogen-bond acceptors (Lipinski definition) is 3. The normalized spacial score (nSPS) is 24.1. The van der Waals surface area contributed by atoms with E-state index in [1.807, 2.05) is 13.8 Å². The highest BCUT2D eigenvalue weighted by Gasteiger charge is 2.20. The van der Waals surface area contributed by atoms with Gasteiger partial charge in [-0.3, -0.25) is 0 Å². The van der Waals surface area contributed by atoms with Crippen molar-refractivity contribution in [2.45, 2.75) is 32.7 Å². The van der Waals surface area contributed by atoms with Gasteiger partial charge in [-0.15, -0.1) is 0 Å². The van der Waals surface area contributed by atoms with Crippen molar-refractivity contribution in [1.82, 2.24) is 10.0 Å². The molecule has 0 spiro atoms. The van der Waals surface area contributed by atoms with E-state index >= 15 is 0 Å². The maximum Gasteiger partial charge on any atom is 0.212 e. The van der Waals surface area contributed by atoms with Gasteiger partial charge >= 0.3 is 0 Å². The third-order valence-electron chi connectivity index (χ3n) is 2.20. The lowest BCUT2D eigenvalue weighted by atomic mass is 10.1. The molecule has 1 atom stereocenters. The molecule has 4 nitrogen and oxygen atoms in total. The molecule has 1 aliphatic heterocycles. The van der Waals surface area contributed by atoms with Crippen LogP contribution in [0.1, 0.15) is 26.7 Å². The van der Waals surface area contributed by atoms with Crippen LogP contribution in [0.15, 0.2) is 0 Å². The minimum absolute atomic E-state index is 0.0903. The Kier molecular flexibility index (Phi) is 4.34. The molecule has 1 fully saturated rings. The molecule has 0 radical (unpaired) electrons. The molecule has 0 bridgehead atoms. The fourth-order valence-corrected chi connectivity index (χ4v) is 3.38. The van der Waals surface area contributed by atoms with Crippen molar-refractivity contribution in [3.8, 4) is 0 Å². The summed E-state index contributed by atoms with van der Waals surface area (Å²) >= 11 is 0. The lowest BCUT2D eigenvalue weighted by Gasteiger charge is -2.23. The van der Waals surface area contributed by atoms with E-state index in [-0.39, 0.29) is 17.7 Å². The van der Waals surface area contributed by atoms with Gasteiger partial charge in [-0.25, -0.2) is 13.1 Å². The van der Waals surface area contributed by atoms with Crippen molar-refractivity contribution >= 4 is 10.0 Å². The summed E-state index contributed by atoms with van der Waals surface area (Å²) in [7, 11) is -3.07. The van der Waals surface area contributed by atoms with Gasteiger partial charge in [0.05, 0.1) is 5.75 Å². The summed E-state index contributed by atoms with van der Waals surface area (Å²) in [4.78, 5) is 0. The maximum absolute atomic E-state index is 11.6. The summed E-state index contributed by atoms with van der Waals surface area (Å²) in [5.41, 5.74) is 0. The first kappa shape index (κ1) is 11.9. The smallest absolute Gasteiger partial charge is 0.212 e. The molecule has 0 aromatic rings. The van der Waals surface area contributed by atoms with Crippen molar-refractivity contribution in [2.24, 2.45) is 5.92 Å². The predicted molar refractivity (Wildman–Crippen MR) is 57.7 cm³/mol. The van der Waals surface area contributed by atoms with Gasteiger partial charge in [0, 0.05) is 12.6 Å². The van der Waals surface area contributed by atoms with E-state index in [0.717, 1.165) is 25.9 Å². The summed E-state index contributed by atoms with van der Waals surface area (Å²) in [6.07, 6.45) is 2.00. The van der Waals surface area contributed by atoms with Crippen molar-refractivity contribution in [2.75, 3.05) is 18.8 Å². The highest BCUT2D eigenvalue weighted by atomic mass is 32.2. The van der Waals surface area contributed by atoms with Crippen LogP contribution in [0.25, 0.3) is 0 Å². The zero-order valence-corrected chi connectivity index (χ0v) is 9.73. The standard InChI is InChI=1S/C9H20N2O2S/c1-8(2)7-14(12,13)11-9-4-3-5-10-6-9/h8-11H,3-7H2,1-2H3/t9-/m1/s1. The first-order chi connectivity index (χ1) is 6.49. The second kappa shape index (κ2) is 5.09. The van der Waals surface area contributed by atoms with Crippen molar-refractivity contribution in [1.29, 1.82) is 0 Å². The summed E-state index contributed by atoms with van der Waals surface area (Å²) in [6.45, 7) is 5.59. The molecule has 1 saturated heterocycles. The summed E-state index contributed by atoms with van der Waals surface area (Å²) in [6, 6.07) is 0.0903. The Morgan fingerprint density at radius 2 is 2.21 bits per heavy atom. The molecule has 0 aromatic heterocycles. The topological polar surface area (TPSA) is 58.2 Å². The fourth-order valence-electron chi connectivity index (χ4n) is 1.69. The lowest BCUT2D eigenvalue weighted by molar-refractivity contribution is 0.427. The second-order valence-electron chi connectivity index (χ2n) is 4.34. The zero-order valence-electron chi connectivity index (χ0n) is 8.91. The van der Waals surface area contributed by atoms with Crippen LogP contribution < -0.4 is 10.0 Å². The highest BCUT2D eigenvalue weighted by molar-refractivity contribution is 7.89. The Balaban J connectivity index is 2.41. The molecule has 0 aromatic carbocycles. The Bertz CT molecular complexity index is 256. The first-order valence-electron chi connectivity index (χ1n) is 5.20. The van der Waals surface area contributed by atoms with Gasteiger partial charge in [0.15, 0.2) is 0 Å². The van der Waals surface area contributed by atoms with E-state index in [1.54, 1.807) is 0 Å². The molecule has 0 amide bonds.